The van der Waals surface area contributed by atoms with Gasteiger partial charge in [0.05, 0.1) is 12.2 Å². The summed E-state index contributed by atoms with van der Waals surface area (Å²) >= 11 is 0. The number of nitrogens with two attached hydrogens (primary N) is 1. The van der Waals surface area contributed by atoms with Crippen molar-refractivity contribution in [2.75, 3.05) is 44.4 Å². The van der Waals surface area contributed by atoms with E-state index in [-0.39, 0.29) is 13.1 Å². The van der Waals surface area contributed by atoms with Gasteiger partial charge in [0, 0.05) is 48.8 Å². The van der Waals surface area contributed by atoms with Crippen molar-refractivity contribution in [1.29, 1.82) is 0 Å². The molecular weight excluding hydrogens is 531 g/mol. The predicted molar refractivity (Wildman–Crippen MR) is 146 cm³/mol. The van der Waals surface area contributed by atoms with Crippen molar-refractivity contribution in [3.63, 3.8) is 0 Å². The number of nitrogen functional groups attached to an aromatic ring is 1. The fourth-order valence-corrected chi connectivity index (χ4v) is 6.46. The fourth-order valence-electron chi connectivity index (χ4n) is 5.50. The highest BCUT2D eigenvalue weighted by molar-refractivity contribution is 7.89. The number of pyridine rings is 1. The maximum absolute atomic E-state index is 13.9. The van der Waals surface area contributed by atoms with Crippen molar-refractivity contribution >= 4 is 21.4 Å². The molecule has 2 N–H and O–H groups in total. The molecule has 12 heteroatoms. The summed E-state index contributed by atoms with van der Waals surface area (Å²) in [4.78, 5) is 8.36. The van der Waals surface area contributed by atoms with Gasteiger partial charge in [-0.3, -0.25) is 4.98 Å². The van der Waals surface area contributed by atoms with Crippen LogP contribution in [0.5, 0.6) is 5.75 Å². The number of likely N-dealkylation sites (N-methyl/N-ethyl adjacent to an activating group) is 1. The van der Waals surface area contributed by atoms with Gasteiger partial charge in [-0.1, -0.05) is 31.7 Å². The van der Waals surface area contributed by atoms with Crippen LogP contribution < -0.4 is 15.4 Å². The average molecular weight is 570 g/mol. The van der Waals surface area contributed by atoms with Crippen LogP contribution in [0.25, 0.3) is 0 Å². The fraction of sp³-hybridized carbons (Fsp3) is 0.593. The second-order valence-electron chi connectivity index (χ2n) is 10.7. The molecule has 1 aromatic heterocycles. The first kappa shape index (κ1) is 29.4. The molecule has 8 nitrogen and oxygen atoms in total. The molecule has 4 rings (SSSR count). The lowest BCUT2D eigenvalue weighted by Crippen LogP contribution is -2.47. The smallest absolute Gasteiger partial charge is 0.492 e. The molecule has 2 aliphatic rings. The third kappa shape index (κ3) is 7.15. The number of hydrogen-bond acceptors (Lipinski definition) is 7. The van der Waals surface area contributed by atoms with Crippen LogP contribution in [0.2, 0.25) is 0 Å². The van der Waals surface area contributed by atoms with Gasteiger partial charge in [0.15, 0.2) is 0 Å². The lowest BCUT2D eigenvalue weighted by molar-refractivity contribution is -0.0492. The first-order valence-electron chi connectivity index (χ1n) is 13.4. The predicted octanol–water partition coefficient (Wildman–Crippen LogP) is 4.62. The quantitative estimate of drug-likeness (QED) is 0.447. The number of anilines is 2. The van der Waals surface area contributed by atoms with Gasteiger partial charge >= 0.3 is 15.5 Å². The van der Waals surface area contributed by atoms with Crippen molar-refractivity contribution < 1.29 is 26.3 Å². The van der Waals surface area contributed by atoms with Gasteiger partial charge in [0.25, 0.3) is 0 Å². The molecule has 2 aromatic rings. The van der Waals surface area contributed by atoms with Crippen molar-refractivity contribution in [2.45, 2.75) is 63.2 Å². The van der Waals surface area contributed by atoms with E-state index < -0.39 is 28.1 Å². The van der Waals surface area contributed by atoms with Gasteiger partial charge in [-0.15, -0.1) is 0 Å². The molecule has 1 aliphatic carbocycles. The highest BCUT2D eigenvalue weighted by atomic mass is 32.2. The maximum Gasteiger partial charge on any atom is 0.511 e. The number of alkyl halides is 3. The summed E-state index contributed by atoms with van der Waals surface area (Å²) in [7, 11) is -1.80. The summed E-state index contributed by atoms with van der Waals surface area (Å²) < 4.78 is 73.8. The Kier molecular flexibility index (Phi) is 9.28. The zero-order valence-corrected chi connectivity index (χ0v) is 23.3. The molecule has 0 radical (unpaired) electrons. The van der Waals surface area contributed by atoms with Crippen LogP contribution in [0.1, 0.15) is 49.8 Å². The molecule has 0 spiro atoms. The minimum atomic E-state index is -5.58. The van der Waals surface area contributed by atoms with Crippen LogP contribution in [0.4, 0.5) is 24.5 Å². The molecule has 1 aromatic carbocycles. The van der Waals surface area contributed by atoms with E-state index >= 15 is 0 Å². The highest BCUT2D eigenvalue weighted by Crippen LogP contribution is 2.40. The third-order valence-electron chi connectivity index (χ3n) is 7.59. The second-order valence-corrected chi connectivity index (χ2v) is 12.7. The summed E-state index contributed by atoms with van der Waals surface area (Å²) in [5.74, 6) is 0.868. The Balaban J connectivity index is 1.78. The van der Waals surface area contributed by atoms with E-state index in [4.69, 9.17) is 10.5 Å². The first-order valence-corrected chi connectivity index (χ1v) is 14.8. The number of nitrogens with zero attached hydrogens (tertiary/aromatic N) is 4. The number of hydrogen-bond donors (Lipinski definition) is 1. The lowest BCUT2D eigenvalue weighted by atomic mass is 9.97. The molecule has 1 fully saturated rings. The van der Waals surface area contributed by atoms with Crippen molar-refractivity contribution in [3.05, 3.63) is 47.8 Å². The minimum absolute atomic E-state index is 0.272. The summed E-state index contributed by atoms with van der Waals surface area (Å²) in [5.41, 5.74) is 2.83. The Hall–Kier alpha value is -2.57. The second kappa shape index (κ2) is 12.3. The van der Waals surface area contributed by atoms with E-state index in [0.29, 0.717) is 58.2 Å². The Bertz CT molecular complexity index is 1220. The molecule has 39 heavy (non-hydrogen) atoms. The Morgan fingerprint density at radius 1 is 1.15 bits per heavy atom. The number of rotatable bonds is 10. The van der Waals surface area contributed by atoms with E-state index in [0.717, 1.165) is 32.1 Å². The molecule has 0 bridgehead atoms. The van der Waals surface area contributed by atoms with Gasteiger partial charge in [0.1, 0.15) is 12.4 Å². The molecule has 0 saturated heterocycles. The zero-order chi connectivity index (χ0) is 28.2. The zero-order valence-electron chi connectivity index (χ0n) is 22.5. The number of benzene rings is 1. The first-order chi connectivity index (χ1) is 18.5. The SMILES string of the molecule is CN(C)CCOc1cccc2c1CN(S(=O)(=O)C(F)(F)F)C[C@H](CCC1CCCC1)N2Cc1cc(N)ccn1. The van der Waals surface area contributed by atoms with Crippen LogP contribution in [-0.2, 0) is 23.1 Å². The van der Waals surface area contributed by atoms with Gasteiger partial charge in [-0.05, 0) is 57.1 Å². The largest absolute Gasteiger partial charge is 0.511 e. The number of sulfonamides is 1. The number of halogens is 3. The number of ether oxygens (including phenoxy) is 1. The molecule has 1 aliphatic heterocycles. The summed E-state index contributed by atoms with van der Waals surface area (Å²) in [5, 5.41) is 0. The molecule has 2 heterocycles. The van der Waals surface area contributed by atoms with Gasteiger partial charge in [0.2, 0.25) is 0 Å². The van der Waals surface area contributed by atoms with E-state index in [2.05, 4.69) is 4.98 Å². The van der Waals surface area contributed by atoms with Crippen LogP contribution in [0.3, 0.4) is 0 Å². The summed E-state index contributed by atoms with van der Waals surface area (Å²) in [6.45, 7) is 0.444. The summed E-state index contributed by atoms with van der Waals surface area (Å²) in [6.07, 6.45) is 7.46. The number of fused-ring (bicyclic) bond motifs is 1. The van der Waals surface area contributed by atoms with E-state index in [1.54, 1.807) is 30.5 Å². The topological polar surface area (TPSA) is 92.0 Å². The molecule has 0 unspecified atom stereocenters. The van der Waals surface area contributed by atoms with E-state index in [1.807, 2.05) is 30.0 Å². The standard InChI is InChI=1S/C27H38F3N5O3S/c1-33(2)14-15-38-26-9-5-8-25-24(26)19-34(39(36,37)27(28,29)30)18-23(11-10-20-6-3-4-7-20)35(25)17-22-16-21(31)12-13-32-22/h5,8-9,12-13,16,20,23H,3-4,6-7,10-11,14-15,17-19H2,1-2H3,(H2,31,32)/t23-/m0/s1. The van der Waals surface area contributed by atoms with Crippen molar-refractivity contribution in [2.24, 2.45) is 5.92 Å². The van der Waals surface area contributed by atoms with Crippen LogP contribution in [0.15, 0.2) is 36.5 Å². The normalized spacial score (nSPS) is 19.3. The average Bonchev–Trinajstić information content (AvgIpc) is 3.32. The van der Waals surface area contributed by atoms with E-state index in [1.165, 1.54) is 0 Å². The van der Waals surface area contributed by atoms with Gasteiger partial charge in [-0.2, -0.15) is 17.5 Å². The summed E-state index contributed by atoms with van der Waals surface area (Å²) in [6, 6.07) is 8.22. The minimum Gasteiger partial charge on any atom is -0.492 e. The maximum atomic E-state index is 13.9. The van der Waals surface area contributed by atoms with Crippen LogP contribution in [0, 0.1) is 5.92 Å². The van der Waals surface area contributed by atoms with Gasteiger partial charge in [-0.25, -0.2) is 8.42 Å². The van der Waals surface area contributed by atoms with Crippen LogP contribution in [-0.4, -0.2) is 67.9 Å². The lowest BCUT2D eigenvalue weighted by Gasteiger charge is -2.35. The monoisotopic (exact) mass is 569 g/mol. The molecular formula is C27H38F3N5O3S. The molecule has 1 atom stereocenters. The molecule has 1 saturated carbocycles. The van der Waals surface area contributed by atoms with Gasteiger partial charge < -0.3 is 20.3 Å². The Morgan fingerprint density at radius 3 is 2.56 bits per heavy atom. The molecule has 216 valence electrons. The van der Waals surface area contributed by atoms with Crippen LogP contribution >= 0.6 is 0 Å². The van der Waals surface area contributed by atoms with Crippen molar-refractivity contribution in [3.8, 4) is 5.75 Å². The third-order valence-corrected chi connectivity index (χ3v) is 9.13. The number of aromatic nitrogens is 1. The Labute approximate surface area is 229 Å². The van der Waals surface area contributed by atoms with Crippen molar-refractivity contribution in [1.82, 2.24) is 14.2 Å². The highest BCUT2D eigenvalue weighted by Gasteiger charge is 2.51. The molecule has 0 amide bonds. The Morgan fingerprint density at radius 2 is 1.90 bits per heavy atom. The van der Waals surface area contributed by atoms with E-state index in [9.17, 15) is 21.6 Å².